The molecule has 0 saturated heterocycles. The Morgan fingerprint density at radius 3 is 2.67 bits per heavy atom. The highest BCUT2D eigenvalue weighted by Crippen LogP contribution is 2.42. The van der Waals surface area contributed by atoms with Gasteiger partial charge in [0.1, 0.15) is 0 Å². The highest BCUT2D eigenvalue weighted by Gasteiger charge is 2.35. The smallest absolute Gasteiger partial charge is 0.258 e. The van der Waals surface area contributed by atoms with E-state index in [1.807, 2.05) is 6.07 Å². The summed E-state index contributed by atoms with van der Waals surface area (Å²) in [6, 6.07) is 7.42. The third kappa shape index (κ3) is 2.39. The van der Waals surface area contributed by atoms with E-state index in [4.69, 9.17) is 0 Å². The van der Waals surface area contributed by atoms with Gasteiger partial charge in [-0.05, 0) is 40.8 Å². The highest BCUT2D eigenvalue weighted by molar-refractivity contribution is 9.10. The van der Waals surface area contributed by atoms with Crippen molar-refractivity contribution in [3.8, 4) is 6.07 Å². The van der Waals surface area contributed by atoms with Crippen molar-refractivity contribution in [3.05, 3.63) is 38.3 Å². The monoisotopic (exact) mass is 308 g/mol. The van der Waals surface area contributed by atoms with Gasteiger partial charge in [-0.25, -0.2) is 0 Å². The van der Waals surface area contributed by atoms with E-state index in [0.717, 1.165) is 31.2 Å². The minimum Gasteiger partial charge on any atom is -0.258 e. The molecule has 1 aromatic carbocycles. The number of rotatable bonds is 3. The zero-order chi connectivity index (χ0) is 13.2. The standard InChI is InChI=1S/C13H13BrN2O2/c14-12-10(4-3-5-11(12)16(17)18)8-13(9-15)6-1-2-7-13/h3-5H,1-2,6-8H2. The van der Waals surface area contributed by atoms with Gasteiger partial charge in [0.05, 0.1) is 20.9 Å². The van der Waals surface area contributed by atoms with E-state index in [1.165, 1.54) is 6.07 Å². The molecule has 0 heterocycles. The molecule has 18 heavy (non-hydrogen) atoms. The molecule has 0 radical (unpaired) electrons. The summed E-state index contributed by atoms with van der Waals surface area (Å²) in [5.74, 6) is 0. The molecule has 1 aromatic rings. The fourth-order valence-electron chi connectivity index (χ4n) is 2.59. The molecule has 0 N–H and O–H groups in total. The summed E-state index contributed by atoms with van der Waals surface area (Å²) in [5, 5.41) is 20.2. The maximum Gasteiger partial charge on any atom is 0.283 e. The van der Waals surface area contributed by atoms with Crippen LogP contribution in [0.4, 0.5) is 5.69 Å². The summed E-state index contributed by atoms with van der Waals surface area (Å²) in [4.78, 5) is 10.5. The van der Waals surface area contributed by atoms with Crippen LogP contribution in [0, 0.1) is 26.9 Å². The molecule has 5 heteroatoms. The van der Waals surface area contributed by atoms with Crippen molar-refractivity contribution in [3.63, 3.8) is 0 Å². The van der Waals surface area contributed by atoms with Crippen LogP contribution in [0.3, 0.4) is 0 Å². The lowest BCUT2D eigenvalue weighted by Gasteiger charge is -2.20. The first kappa shape index (κ1) is 13.0. The maximum absolute atomic E-state index is 10.9. The van der Waals surface area contributed by atoms with Gasteiger partial charge in [-0.2, -0.15) is 5.26 Å². The van der Waals surface area contributed by atoms with Gasteiger partial charge < -0.3 is 0 Å². The number of nitrogens with zero attached hydrogens (tertiary/aromatic N) is 2. The van der Waals surface area contributed by atoms with Crippen molar-refractivity contribution in [2.75, 3.05) is 0 Å². The number of hydrogen-bond donors (Lipinski definition) is 0. The molecule has 2 rings (SSSR count). The van der Waals surface area contributed by atoms with Crippen molar-refractivity contribution >= 4 is 21.6 Å². The van der Waals surface area contributed by atoms with Gasteiger partial charge in [0.25, 0.3) is 5.69 Å². The predicted molar refractivity (Wildman–Crippen MR) is 71.0 cm³/mol. The molecule has 0 spiro atoms. The molecule has 0 bridgehead atoms. The third-order valence-corrected chi connectivity index (χ3v) is 4.50. The van der Waals surface area contributed by atoms with Crippen LogP contribution in [0.25, 0.3) is 0 Å². The second-order valence-corrected chi connectivity index (χ2v) is 5.58. The number of benzene rings is 1. The topological polar surface area (TPSA) is 66.9 Å². The Hall–Kier alpha value is -1.41. The Kier molecular flexibility index (Phi) is 3.67. The van der Waals surface area contributed by atoms with E-state index in [2.05, 4.69) is 22.0 Å². The number of nitriles is 1. The Morgan fingerprint density at radius 2 is 2.11 bits per heavy atom. The van der Waals surface area contributed by atoms with Crippen LogP contribution in [-0.4, -0.2) is 4.92 Å². The number of hydrogen-bond acceptors (Lipinski definition) is 3. The van der Waals surface area contributed by atoms with E-state index in [-0.39, 0.29) is 11.1 Å². The molecule has 0 unspecified atom stereocenters. The fraction of sp³-hybridized carbons (Fsp3) is 0.462. The molecular formula is C13H13BrN2O2. The molecule has 0 amide bonds. The molecule has 0 aromatic heterocycles. The Balaban J connectivity index is 2.32. The first-order chi connectivity index (χ1) is 8.58. The fourth-order valence-corrected chi connectivity index (χ4v) is 3.14. The van der Waals surface area contributed by atoms with Gasteiger partial charge in [-0.15, -0.1) is 0 Å². The number of nitro benzene ring substituents is 1. The second kappa shape index (κ2) is 5.07. The van der Waals surface area contributed by atoms with Crippen LogP contribution in [0.5, 0.6) is 0 Å². The summed E-state index contributed by atoms with van der Waals surface area (Å²) in [6.07, 6.45) is 4.50. The van der Waals surface area contributed by atoms with Gasteiger partial charge in [0.15, 0.2) is 0 Å². The lowest BCUT2D eigenvalue weighted by Crippen LogP contribution is -2.17. The normalized spacial score (nSPS) is 17.3. The summed E-state index contributed by atoms with van der Waals surface area (Å²) >= 11 is 3.29. The zero-order valence-electron chi connectivity index (χ0n) is 9.86. The average molecular weight is 309 g/mol. The van der Waals surface area contributed by atoms with Crippen molar-refractivity contribution in [2.45, 2.75) is 32.1 Å². The lowest BCUT2D eigenvalue weighted by atomic mass is 9.81. The average Bonchev–Trinajstić information content (AvgIpc) is 2.81. The minimum absolute atomic E-state index is 0.0681. The lowest BCUT2D eigenvalue weighted by molar-refractivity contribution is -0.385. The zero-order valence-corrected chi connectivity index (χ0v) is 11.4. The van der Waals surface area contributed by atoms with E-state index >= 15 is 0 Å². The molecule has 0 aliphatic heterocycles. The minimum atomic E-state index is -0.402. The quantitative estimate of drug-likeness (QED) is 0.626. The number of nitro groups is 1. The van der Waals surface area contributed by atoms with Crippen molar-refractivity contribution < 1.29 is 4.92 Å². The molecule has 0 atom stereocenters. The Bertz CT molecular complexity index is 516. The molecule has 1 aliphatic carbocycles. The van der Waals surface area contributed by atoms with Crippen LogP contribution in [0.2, 0.25) is 0 Å². The van der Waals surface area contributed by atoms with Crippen molar-refractivity contribution in [2.24, 2.45) is 5.41 Å². The third-order valence-electron chi connectivity index (χ3n) is 3.58. The van der Waals surface area contributed by atoms with E-state index in [0.29, 0.717) is 10.9 Å². The summed E-state index contributed by atoms with van der Waals surface area (Å²) in [6.45, 7) is 0. The van der Waals surface area contributed by atoms with Crippen molar-refractivity contribution in [1.82, 2.24) is 0 Å². The van der Waals surface area contributed by atoms with Gasteiger partial charge in [-0.1, -0.05) is 25.0 Å². The largest absolute Gasteiger partial charge is 0.283 e. The first-order valence-corrected chi connectivity index (χ1v) is 6.70. The van der Waals surface area contributed by atoms with E-state index in [1.54, 1.807) is 6.07 Å². The van der Waals surface area contributed by atoms with Crippen LogP contribution < -0.4 is 0 Å². The molecular weight excluding hydrogens is 296 g/mol. The molecule has 94 valence electrons. The molecule has 1 fully saturated rings. The van der Waals surface area contributed by atoms with Gasteiger partial charge >= 0.3 is 0 Å². The molecule has 1 aliphatic rings. The molecule has 4 nitrogen and oxygen atoms in total. The second-order valence-electron chi connectivity index (χ2n) is 4.78. The van der Waals surface area contributed by atoms with Crippen LogP contribution in [-0.2, 0) is 6.42 Å². The van der Waals surface area contributed by atoms with Crippen molar-refractivity contribution in [1.29, 1.82) is 5.26 Å². The van der Waals surface area contributed by atoms with Crippen LogP contribution >= 0.6 is 15.9 Å². The summed E-state index contributed by atoms with van der Waals surface area (Å²) < 4.78 is 0.511. The Morgan fingerprint density at radius 1 is 1.44 bits per heavy atom. The summed E-state index contributed by atoms with van der Waals surface area (Å²) in [7, 11) is 0. The first-order valence-electron chi connectivity index (χ1n) is 5.91. The van der Waals surface area contributed by atoms with E-state index in [9.17, 15) is 15.4 Å². The SMILES string of the molecule is N#CC1(Cc2cccc([N+](=O)[O-])c2Br)CCCC1. The highest BCUT2D eigenvalue weighted by atomic mass is 79.9. The van der Waals surface area contributed by atoms with Gasteiger partial charge in [0, 0.05) is 6.07 Å². The maximum atomic E-state index is 10.9. The van der Waals surface area contributed by atoms with Crippen LogP contribution in [0.15, 0.2) is 22.7 Å². The molecule has 1 saturated carbocycles. The predicted octanol–water partition coefficient (Wildman–Crippen LogP) is 3.98. The Labute approximate surface area is 114 Å². The van der Waals surface area contributed by atoms with Crippen LogP contribution in [0.1, 0.15) is 31.2 Å². The summed E-state index contributed by atoms with van der Waals surface area (Å²) in [5.41, 5.74) is 0.587. The number of halogens is 1. The van der Waals surface area contributed by atoms with Gasteiger partial charge in [0.2, 0.25) is 0 Å². The van der Waals surface area contributed by atoms with Gasteiger partial charge in [-0.3, -0.25) is 10.1 Å². The van der Waals surface area contributed by atoms with E-state index < -0.39 is 4.92 Å².